The second-order valence-electron chi connectivity index (χ2n) is 3.60. The van der Waals surface area contributed by atoms with Crippen LogP contribution in [0.1, 0.15) is 20.8 Å². The average molecular weight is 391 g/mol. The molecule has 0 aromatic rings. The largest absolute Gasteiger partial charge is 0.596 e. The van der Waals surface area contributed by atoms with E-state index in [9.17, 15) is 9.35 Å². The van der Waals surface area contributed by atoms with Crippen LogP contribution in [0.25, 0.3) is 0 Å². The highest BCUT2D eigenvalue weighted by molar-refractivity contribution is 8.13. The zero-order valence-electron chi connectivity index (χ0n) is 13.2. The van der Waals surface area contributed by atoms with Gasteiger partial charge in [0.15, 0.2) is 0 Å². The third-order valence-electron chi connectivity index (χ3n) is 2.12. The molecule has 0 heterocycles. The van der Waals surface area contributed by atoms with Crippen molar-refractivity contribution >= 4 is 52.7 Å². The first-order valence-corrected chi connectivity index (χ1v) is 11.4. The molecule has 0 aromatic carbocycles. The Kier molecular flexibility index (Phi) is 11.7. The highest BCUT2D eigenvalue weighted by Crippen LogP contribution is 2.52. The second kappa shape index (κ2) is 11.6. The van der Waals surface area contributed by atoms with Crippen molar-refractivity contribution in [3.8, 4) is 0 Å². The van der Waals surface area contributed by atoms with Crippen LogP contribution in [0, 0.1) is 0 Å². The Morgan fingerprint density at radius 2 is 2.00 bits per heavy atom. The van der Waals surface area contributed by atoms with Gasteiger partial charge in [-0.1, -0.05) is 5.16 Å². The zero-order chi connectivity index (χ0) is 17.2. The third kappa shape index (κ3) is 8.11. The summed E-state index contributed by atoms with van der Waals surface area (Å²) in [5.74, 6) is -0.179. The minimum absolute atomic E-state index is 0.179. The predicted octanol–water partition coefficient (Wildman–Crippen LogP) is 2.26. The van der Waals surface area contributed by atoms with E-state index in [1.165, 1.54) is 22.9 Å². The molecular formula is C10H22N3O5PS3. The van der Waals surface area contributed by atoms with Gasteiger partial charge in [-0.3, -0.25) is 10.2 Å². The Hall–Kier alpha value is 0.130. The number of carbonyl (C=O) groups excluding carboxylic acids is 1. The summed E-state index contributed by atoms with van der Waals surface area (Å²) >= 11 is 5.04. The number of oxime groups is 1. The van der Waals surface area contributed by atoms with Crippen molar-refractivity contribution in [1.29, 1.82) is 0 Å². The molecule has 8 nitrogen and oxygen atoms in total. The Bertz CT molecular complexity index is 417. The summed E-state index contributed by atoms with van der Waals surface area (Å²) in [7, 11) is 1.53. The van der Waals surface area contributed by atoms with E-state index in [0.29, 0.717) is 18.3 Å². The van der Waals surface area contributed by atoms with E-state index in [-0.39, 0.29) is 5.88 Å². The molecule has 1 amide bonds. The summed E-state index contributed by atoms with van der Waals surface area (Å²) in [5.41, 5.74) is 0. The minimum Gasteiger partial charge on any atom is -0.596 e. The van der Waals surface area contributed by atoms with Crippen LogP contribution in [0.2, 0.25) is 0 Å². The molecule has 0 saturated carbocycles. The molecule has 0 rings (SSSR count). The minimum atomic E-state index is -2.82. The van der Waals surface area contributed by atoms with Gasteiger partial charge in [-0.15, -0.1) is 11.8 Å². The van der Waals surface area contributed by atoms with E-state index in [1.54, 1.807) is 27.0 Å². The number of amides is 1. The van der Waals surface area contributed by atoms with Crippen LogP contribution < -0.4 is 5.32 Å². The van der Waals surface area contributed by atoms with Gasteiger partial charge in [0.05, 0.1) is 24.6 Å². The van der Waals surface area contributed by atoms with Crippen molar-refractivity contribution in [1.82, 2.24) is 9.39 Å². The van der Waals surface area contributed by atoms with Crippen molar-refractivity contribution in [3.05, 3.63) is 0 Å². The quantitative estimate of drug-likeness (QED) is 0.160. The standard InChI is InChI=1S/C10H22N3O5PS3/c1-6-16-19(20,17-7-2)13(4)22(15)8-11-10(14)18-12-9(3)21-5/h6-8H2,1-5H3,(H,11,14)/b12-9+. The van der Waals surface area contributed by atoms with Crippen molar-refractivity contribution < 1.29 is 23.2 Å². The highest BCUT2D eigenvalue weighted by Gasteiger charge is 2.34. The molecule has 22 heavy (non-hydrogen) atoms. The van der Waals surface area contributed by atoms with E-state index in [0.717, 1.165) is 0 Å². The first-order valence-electron chi connectivity index (χ1n) is 6.35. The Balaban J connectivity index is 4.48. The second-order valence-corrected chi connectivity index (χ2v) is 9.79. The first-order chi connectivity index (χ1) is 10.3. The van der Waals surface area contributed by atoms with Crippen LogP contribution in [0.15, 0.2) is 5.16 Å². The molecule has 0 aromatic heterocycles. The summed E-state index contributed by atoms with van der Waals surface area (Å²) in [5, 5.41) is 6.50. The summed E-state index contributed by atoms with van der Waals surface area (Å²) in [6.45, 7) is 3.12. The van der Waals surface area contributed by atoms with Gasteiger partial charge in [0.25, 0.3) is 0 Å². The van der Waals surface area contributed by atoms with Gasteiger partial charge in [-0.2, -0.15) is 0 Å². The number of hydrogen-bond donors (Lipinski definition) is 1. The van der Waals surface area contributed by atoms with Gasteiger partial charge in [0.2, 0.25) is 5.88 Å². The van der Waals surface area contributed by atoms with Crippen molar-refractivity contribution in [2.45, 2.75) is 20.8 Å². The number of thioether (sulfide) groups is 1. The number of nitrogens with one attached hydrogen (secondary N) is 1. The molecule has 0 spiro atoms. The summed E-state index contributed by atoms with van der Waals surface area (Å²) in [6, 6.07) is 0. The molecule has 130 valence electrons. The van der Waals surface area contributed by atoms with Gasteiger partial charge < -0.3 is 13.6 Å². The molecule has 0 bridgehead atoms. The van der Waals surface area contributed by atoms with Crippen LogP contribution in [-0.4, -0.2) is 52.2 Å². The monoisotopic (exact) mass is 391 g/mol. The van der Waals surface area contributed by atoms with Crippen LogP contribution >= 0.6 is 18.4 Å². The topological polar surface area (TPSA) is 95.5 Å². The van der Waals surface area contributed by atoms with E-state index in [1.807, 2.05) is 0 Å². The van der Waals surface area contributed by atoms with Gasteiger partial charge >= 0.3 is 12.7 Å². The van der Waals surface area contributed by atoms with Gasteiger partial charge in [0, 0.05) is 7.05 Å². The highest BCUT2D eigenvalue weighted by atomic mass is 32.5. The van der Waals surface area contributed by atoms with Crippen molar-refractivity contribution in [3.63, 3.8) is 0 Å². The van der Waals surface area contributed by atoms with Gasteiger partial charge in [0.1, 0.15) is 5.04 Å². The summed E-state index contributed by atoms with van der Waals surface area (Å²) < 4.78 is 24.3. The van der Waals surface area contributed by atoms with Crippen LogP contribution in [0.5, 0.6) is 0 Å². The number of hydrogen-bond acceptors (Lipinski definition) is 8. The molecule has 0 aliphatic rings. The van der Waals surface area contributed by atoms with Crippen LogP contribution in [0.3, 0.4) is 0 Å². The van der Waals surface area contributed by atoms with Gasteiger partial charge in [-0.05, 0) is 42.9 Å². The molecule has 1 N–H and O–H groups in total. The van der Waals surface area contributed by atoms with E-state index < -0.39 is 24.1 Å². The lowest BCUT2D eigenvalue weighted by Crippen LogP contribution is -2.37. The summed E-state index contributed by atoms with van der Waals surface area (Å²) in [6.07, 6.45) is 1.01. The maximum Gasteiger partial charge on any atom is 0.437 e. The lowest BCUT2D eigenvalue weighted by molar-refractivity contribution is 0.152. The summed E-state index contributed by atoms with van der Waals surface area (Å²) in [4.78, 5) is 16.0. The molecule has 12 heteroatoms. The Morgan fingerprint density at radius 3 is 2.45 bits per heavy atom. The van der Waals surface area contributed by atoms with Crippen molar-refractivity contribution in [2.24, 2.45) is 5.16 Å². The number of rotatable bonds is 9. The predicted molar refractivity (Wildman–Crippen MR) is 94.6 cm³/mol. The number of nitrogens with zero attached hydrogens (tertiary/aromatic N) is 2. The van der Waals surface area contributed by atoms with E-state index in [4.69, 9.17) is 20.9 Å². The van der Waals surface area contributed by atoms with Gasteiger partial charge in [-0.25, -0.2) is 4.79 Å². The molecule has 0 saturated heterocycles. The van der Waals surface area contributed by atoms with Crippen LogP contribution in [0.4, 0.5) is 4.79 Å². The Labute approximate surface area is 143 Å². The fourth-order valence-corrected chi connectivity index (χ4v) is 5.27. The van der Waals surface area contributed by atoms with E-state index in [2.05, 4.69) is 15.3 Å². The number of carbonyl (C=O) groups is 1. The molecule has 0 aliphatic heterocycles. The SMILES string of the molecule is CCOP(=S)(OCC)N(C)[S+]([O-])CNC(=O)O/N=C(\C)SC. The molecule has 1 atom stereocenters. The first kappa shape index (κ1) is 22.1. The fraction of sp³-hybridized carbons (Fsp3) is 0.800. The van der Waals surface area contributed by atoms with Crippen LogP contribution in [-0.2, 0) is 37.1 Å². The fourth-order valence-electron chi connectivity index (χ4n) is 1.03. The average Bonchev–Trinajstić information content (AvgIpc) is 2.49. The molecule has 0 fully saturated rings. The molecule has 1 unspecified atom stereocenters. The molecule has 0 radical (unpaired) electrons. The maximum atomic E-state index is 12.2. The smallest absolute Gasteiger partial charge is 0.437 e. The maximum absolute atomic E-state index is 12.2. The normalized spacial score (nSPS) is 14.0. The molecule has 0 aliphatic carbocycles. The zero-order valence-corrected chi connectivity index (χ0v) is 16.6. The molecular weight excluding hydrogens is 369 g/mol. The third-order valence-corrected chi connectivity index (χ3v) is 8.49. The lowest BCUT2D eigenvalue weighted by atomic mass is 10.9. The Morgan fingerprint density at radius 1 is 1.45 bits per heavy atom. The lowest BCUT2D eigenvalue weighted by Gasteiger charge is -2.29. The van der Waals surface area contributed by atoms with E-state index >= 15 is 0 Å². The van der Waals surface area contributed by atoms with Crippen molar-refractivity contribution in [2.75, 3.05) is 32.4 Å².